The van der Waals surface area contributed by atoms with E-state index < -0.39 is 10.0 Å². The second-order valence-electron chi connectivity index (χ2n) is 8.60. The molecule has 1 aromatic heterocycles. The molecule has 0 saturated carbocycles. The Morgan fingerprint density at radius 3 is 2.54 bits per heavy atom. The van der Waals surface area contributed by atoms with Crippen LogP contribution in [0.1, 0.15) is 11.1 Å². The standard InChI is InChI=1S/C27H26ClN5O3S/c1-32(2)19-30-37(35,36)26-15-23(31-27(34)14-21-10-6-7-11-25(21)28)12-13-24(26)22-16-29-33(18-22)17-20-8-4-3-5-9-20/h3-13,15-16,18-19H,14,17H2,1-2H3,(H,31,34)/b30-19+. The maximum absolute atomic E-state index is 13.2. The minimum absolute atomic E-state index is 0.0413. The normalized spacial score (nSPS) is 11.5. The molecule has 0 radical (unpaired) electrons. The Labute approximate surface area is 221 Å². The number of amides is 1. The van der Waals surface area contributed by atoms with E-state index in [1.54, 1.807) is 67.6 Å². The molecular formula is C27H26ClN5O3S. The molecule has 0 aliphatic heterocycles. The summed E-state index contributed by atoms with van der Waals surface area (Å²) in [5.74, 6) is -0.323. The number of rotatable bonds is 9. The van der Waals surface area contributed by atoms with Gasteiger partial charge in [0.2, 0.25) is 5.91 Å². The molecule has 190 valence electrons. The Kier molecular flexibility index (Phi) is 8.05. The van der Waals surface area contributed by atoms with E-state index in [1.165, 1.54) is 17.3 Å². The van der Waals surface area contributed by atoms with E-state index in [2.05, 4.69) is 14.8 Å². The molecule has 0 aliphatic rings. The number of hydrogen-bond acceptors (Lipinski definition) is 4. The van der Waals surface area contributed by atoms with Crippen molar-refractivity contribution in [1.82, 2.24) is 14.7 Å². The highest BCUT2D eigenvalue weighted by molar-refractivity contribution is 7.90. The van der Waals surface area contributed by atoms with Gasteiger partial charge in [0.15, 0.2) is 0 Å². The van der Waals surface area contributed by atoms with E-state index in [4.69, 9.17) is 11.6 Å². The molecule has 37 heavy (non-hydrogen) atoms. The zero-order valence-electron chi connectivity index (χ0n) is 20.4. The van der Waals surface area contributed by atoms with Crippen molar-refractivity contribution in [3.8, 4) is 11.1 Å². The van der Waals surface area contributed by atoms with Crippen LogP contribution in [0.25, 0.3) is 11.1 Å². The van der Waals surface area contributed by atoms with Crippen LogP contribution >= 0.6 is 11.6 Å². The van der Waals surface area contributed by atoms with Gasteiger partial charge in [-0.05, 0) is 29.3 Å². The first-order valence-electron chi connectivity index (χ1n) is 11.4. The molecule has 1 amide bonds. The highest BCUT2D eigenvalue weighted by atomic mass is 35.5. The predicted octanol–water partition coefficient (Wildman–Crippen LogP) is 4.71. The molecule has 0 aliphatic carbocycles. The van der Waals surface area contributed by atoms with Crippen LogP contribution in [0.2, 0.25) is 5.02 Å². The van der Waals surface area contributed by atoms with Gasteiger partial charge in [0.25, 0.3) is 10.0 Å². The lowest BCUT2D eigenvalue weighted by Gasteiger charge is -2.12. The van der Waals surface area contributed by atoms with Gasteiger partial charge in [-0.1, -0.05) is 66.2 Å². The average molecular weight is 536 g/mol. The van der Waals surface area contributed by atoms with Crippen molar-refractivity contribution in [3.63, 3.8) is 0 Å². The highest BCUT2D eigenvalue weighted by Crippen LogP contribution is 2.31. The van der Waals surface area contributed by atoms with Gasteiger partial charge in [-0.15, -0.1) is 4.40 Å². The maximum atomic E-state index is 13.2. The van der Waals surface area contributed by atoms with E-state index in [1.807, 2.05) is 30.3 Å². The molecule has 0 bridgehead atoms. The van der Waals surface area contributed by atoms with Crippen molar-refractivity contribution < 1.29 is 13.2 Å². The summed E-state index contributed by atoms with van der Waals surface area (Å²) in [4.78, 5) is 14.2. The quantitative estimate of drug-likeness (QED) is 0.247. The number of carbonyl (C=O) groups excluding carboxylic acids is 1. The second-order valence-corrected chi connectivity index (χ2v) is 10.6. The minimum atomic E-state index is -4.09. The number of carbonyl (C=O) groups is 1. The number of benzene rings is 3. The molecule has 0 atom stereocenters. The maximum Gasteiger partial charge on any atom is 0.284 e. The van der Waals surface area contributed by atoms with Crippen molar-refractivity contribution in [2.75, 3.05) is 19.4 Å². The van der Waals surface area contributed by atoms with Crippen LogP contribution < -0.4 is 5.32 Å². The molecule has 0 spiro atoms. The van der Waals surface area contributed by atoms with Gasteiger partial charge in [0, 0.05) is 42.1 Å². The van der Waals surface area contributed by atoms with Crippen LogP contribution in [0.4, 0.5) is 5.69 Å². The van der Waals surface area contributed by atoms with Gasteiger partial charge in [0.1, 0.15) is 6.34 Å². The summed E-state index contributed by atoms with van der Waals surface area (Å²) < 4.78 is 32.0. The summed E-state index contributed by atoms with van der Waals surface area (Å²) in [7, 11) is -0.730. The summed E-state index contributed by atoms with van der Waals surface area (Å²) in [5.41, 5.74) is 3.11. The monoisotopic (exact) mass is 535 g/mol. The van der Waals surface area contributed by atoms with Crippen molar-refractivity contribution in [1.29, 1.82) is 0 Å². The van der Waals surface area contributed by atoms with Gasteiger partial charge < -0.3 is 10.2 Å². The van der Waals surface area contributed by atoms with Crippen LogP contribution in [0.3, 0.4) is 0 Å². The highest BCUT2D eigenvalue weighted by Gasteiger charge is 2.21. The van der Waals surface area contributed by atoms with Crippen LogP contribution in [0.5, 0.6) is 0 Å². The van der Waals surface area contributed by atoms with Gasteiger partial charge in [-0.25, -0.2) is 0 Å². The smallest absolute Gasteiger partial charge is 0.284 e. The molecule has 4 rings (SSSR count). The number of aromatic nitrogens is 2. The SMILES string of the molecule is CN(C)/C=N/S(=O)(=O)c1cc(NC(=O)Cc2ccccc2Cl)ccc1-c1cnn(Cc2ccccc2)c1. The van der Waals surface area contributed by atoms with Crippen LogP contribution in [0, 0.1) is 0 Å². The second kappa shape index (κ2) is 11.4. The molecule has 0 saturated heterocycles. The van der Waals surface area contributed by atoms with Crippen molar-refractivity contribution in [3.05, 3.63) is 101 Å². The Bertz CT molecular complexity index is 1530. The first-order valence-corrected chi connectivity index (χ1v) is 13.2. The van der Waals surface area contributed by atoms with E-state index >= 15 is 0 Å². The van der Waals surface area contributed by atoms with Crippen molar-refractivity contribution >= 4 is 39.6 Å². The molecule has 1 N–H and O–H groups in total. The summed E-state index contributed by atoms with van der Waals surface area (Å²) in [6.07, 6.45) is 4.67. The molecule has 0 unspecified atom stereocenters. The van der Waals surface area contributed by atoms with Gasteiger partial charge in [-0.2, -0.15) is 13.5 Å². The largest absolute Gasteiger partial charge is 0.368 e. The first kappa shape index (κ1) is 26.1. The zero-order valence-corrected chi connectivity index (χ0v) is 21.9. The van der Waals surface area contributed by atoms with E-state index in [0.29, 0.717) is 33.9 Å². The van der Waals surface area contributed by atoms with E-state index in [9.17, 15) is 13.2 Å². The van der Waals surface area contributed by atoms with Crippen LogP contribution in [0.15, 0.2) is 94.5 Å². The number of sulfonamides is 1. The first-order chi connectivity index (χ1) is 17.7. The van der Waals surface area contributed by atoms with Crippen LogP contribution in [-0.2, 0) is 27.8 Å². The van der Waals surface area contributed by atoms with Gasteiger partial charge >= 0.3 is 0 Å². The molecule has 10 heteroatoms. The average Bonchev–Trinajstić information content (AvgIpc) is 3.33. The number of nitrogens with one attached hydrogen (secondary N) is 1. The summed E-state index contributed by atoms with van der Waals surface area (Å²) in [5, 5.41) is 7.66. The number of nitrogens with zero attached hydrogens (tertiary/aromatic N) is 4. The minimum Gasteiger partial charge on any atom is -0.368 e. The van der Waals surface area contributed by atoms with Gasteiger partial charge in [-0.3, -0.25) is 9.48 Å². The Hall–Kier alpha value is -3.95. The summed E-state index contributed by atoms with van der Waals surface area (Å²) in [6, 6.07) is 21.6. The molecule has 3 aromatic carbocycles. The van der Waals surface area contributed by atoms with Crippen molar-refractivity contribution in [2.45, 2.75) is 17.9 Å². The van der Waals surface area contributed by atoms with E-state index in [0.717, 1.165) is 5.56 Å². The predicted molar refractivity (Wildman–Crippen MR) is 146 cm³/mol. The molecular weight excluding hydrogens is 510 g/mol. The third-order valence-electron chi connectivity index (χ3n) is 5.40. The molecule has 0 fully saturated rings. The fraction of sp³-hybridized carbons (Fsp3) is 0.148. The zero-order chi connectivity index (χ0) is 26.4. The van der Waals surface area contributed by atoms with E-state index in [-0.39, 0.29) is 17.2 Å². The van der Waals surface area contributed by atoms with Crippen molar-refractivity contribution in [2.24, 2.45) is 4.40 Å². The Morgan fingerprint density at radius 1 is 1.08 bits per heavy atom. The lowest BCUT2D eigenvalue weighted by atomic mass is 10.1. The lowest BCUT2D eigenvalue weighted by molar-refractivity contribution is -0.115. The molecule has 1 heterocycles. The number of halogens is 1. The third-order valence-corrected chi connectivity index (χ3v) is 7.03. The fourth-order valence-electron chi connectivity index (χ4n) is 3.64. The Balaban J connectivity index is 1.66. The Morgan fingerprint density at radius 2 is 1.81 bits per heavy atom. The fourth-order valence-corrected chi connectivity index (χ4v) is 5.01. The van der Waals surface area contributed by atoms with Crippen LogP contribution in [-0.4, -0.2) is 49.4 Å². The molecule has 8 nitrogen and oxygen atoms in total. The summed E-state index contributed by atoms with van der Waals surface area (Å²) >= 11 is 6.17. The summed E-state index contributed by atoms with van der Waals surface area (Å²) in [6.45, 7) is 0.540. The third kappa shape index (κ3) is 6.84. The molecule has 4 aromatic rings. The number of hydrogen-bond donors (Lipinski definition) is 1. The number of anilines is 1. The topological polar surface area (TPSA) is 96.7 Å². The van der Waals surface area contributed by atoms with Gasteiger partial charge in [0.05, 0.1) is 24.1 Å². The lowest BCUT2D eigenvalue weighted by Crippen LogP contribution is -2.15.